The smallest absolute Gasteiger partial charge is 0.283 e. The lowest BCUT2D eigenvalue weighted by molar-refractivity contribution is 0.0957. The van der Waals surface area contributed by atoms with Crippen molar-refractivity contribution >= 4 is 28.8 Å². The first-order valence-corrected chi connectivity index (χ1v) is 4.60. The van der Waals surface area contributed by atoms with Crippen LogP contribution >= 0.6 is 22.9 Å². The van der Waals surface area contributed by atoms with Crippen molar-refractivity contribution in [3.63, 3.8) is 0 Å². The lowest BCUT2D eigenvalue weighted by Crippen LogP contribution is -2.23. The molecule has 1 N–H and O–H groups in total. The van der Waals surface area contributed by atoms with E-state index in [0.717, 1.165) is 11.3 Å². The molecule has 0 bridgehead atoms. The summed E-state index contributed by atoms with van der Waals surface area (Å²) in [5, 5.41) is 9.88. The van der Waals surface area contributed by atoms with Gasteiger partial charge in [0.25, 0.3) is 5.91 Å². The zero-order chi connectivity index (χ0) is 9.68. The second-order valence-electron chi connectivity index (χ2n) is 1.97. The molecule has 0 radical (unpaired) electrons. The maximum atomic E-state index is 11.2. The highest BCUT2D eigenvalue weighted by molar-refractivity contribution is 7.17. The molecule has 0 aliphatic heterocycles. The second-order valence-corrected chi connectivity index (χ2v) is 3.53. The molecule has 0 aliphatic carbocycles. The molecule has 1 rings (SSSR count). The van der Waals surface area contributed by atoms with Crippen molar-refractivity contribution in [2.24, 2.45) is 0 Å². The highest BCUT2D eigenvalue weighted by Crippen LogP contribution is 2.14. The number of amides is 1. The first-order chi connectivity index (χ1) is 6.24. The number of halogens is 1. The molecule has 0 saturated heterocycles. The third kappa shape index (κ3) is 3.01. The van der Waals surface area contributed by atoms with Crippen LogP contribution in [0.2, 0.25) is 4.47 Å². The van der Waals surface area contributed by atoms with Gasteiger partial charge >= 0.3 is 0 Å². The van der Waals surface area contributed by atoms with E-state index in [2.05, 4.69) is 27.4 Å². The maximum Gasteiger partial charge on any atom is 0.283 e. The molecule has 68 valence electrons. The van der Waals surface area contributed by atoms with Gasteiger partial charge in [-0.25, -0.2) is 0 Å². The van der Waals surface area contributed by atoms with Crippen LogP contribution in [0.15, 0.2) is 0 Å². The van der Waals surface area contributed by atoms with Gasteiger partial charge in [-0.1, -0.05) is 17.3 Å². The minimum Gasteiger partial charge on any atom is -0.339 e. The minimum atomic E-state index is -0.299. The number of nitrogens with zero attached hydrogens (tertiary/aromatic N) is 2. The van der Waals surface area contributed by atoms with Gasteiger partial charge in [-0.2, -0.15) is 0 Å². The van der Waals surface area contributed by atoms with Gasteiger partial charge in [0.2, 0.25) is 9.47 Å². The van der Waals surface area contributed by atoms with Crippen LogP contribution in [0.4, 0.5) is 0 Å². The molecule has 0 fully saturated rings. The van der Waals surface area contributed by atoms with Gasteiger partial charge in [-0.05, 0) is 18.5 Å². The average molecular weight is 216 g/mol. The highest BCUT2D eigenvalue weighted by atomic mass is 35.5. The molecular formula is C7H6ClN3OS. The van der Waals surface area contributed by atoms with Crippen LogP contribution in [0, 0.1) is 11.8 Å². The Morgan fingerprint density at radius 1 is 1.69 bits per heavy atom. The molecule has 1 aromatic heterocycles. The quantitative estimate of drug-likeness (QED) is 0.748. The summed E-state index contributed by atoms with van der Waals surface area (Å²) in [4.78, 5) is 11.2. The Morgan fingerprint density at radius 2 is 2.46 bits per heavy atom. The number of nitrogens with one attached hydrogen (secondary N) is 1. The van der Waals surface area contributed by atoms with Gasteiger partial charge in [0.1, 0.15) is 0 Å². The molecule has 4 nitrogen and oxygen atoms in total. The van der Waals surface area contributed by atoms with E-state index in [1.54, 1.807) is 6.92 Å². The Balaban J connectivity index is 2.52. The molecule has 0 spiro atoms. The van der Waals surface area contributed by atoms with Crippen molar-refractivity contribution < 1.29 is 4.79 Å². The zero-order valence-electron chi connectivity index (χ0n) is 6.80. The van der Waals surface area contributed by atoms with Gasteiger partial charge in [-0.3, -0.25) is 4.79 Å². The number of aromatic nitrogens is 2. The summed E-state index contributed by atoms with van der Waals surface area (Å²) in [6.45, 7) is 2.01. The molecule has 0 atom stereocenters. The van der Waals surface area contributed by atoms with Crippen LogP contribution in [0.5, 0.6) is 0 Å². The van der Waals surface area contributed by atoms with Crippen molar-refractivity contribution in [2.75, 3.05) is 6.54 Å². The maximum absolute atomic E-state index is 11.2. The van der Waals surface area contributed by atoms with Crippen molar-refractivity contribution in [1.29, 1.82) is 0 Å². The van der Waals surface area contributed by atoms with E-state index in [0.29, 0.717) is 6.54 Å². The molecule has 0 aromatic carbocycles. The Labute approximate surface area is 84.3 Å². The molecule has 0 saturated carbocycles. The minimum absolute atomic E-state index is 0.253. The number of hydrogen-bond acceptors (Lipinski definition) is 4. The van der Waals surface area contributed by atoms with Crippen LogP contribution in [0.3, 0.4) is 0 Å². The molecule has 1 aromatic rings. The fraction of sp³-hybridized carbons (Fsp3) is 0.286. The summed E-state index contributed by atoms with van der Waals surface area (Å²) in [5.41, 5.74) is 0. The number of carbonyl (C=O) groups excluding carboxylic acids is 1. The van der Waals surface area contributed by atoms with Crippen LogP contribution in [0.25, 0.3) is 0 Å². The fourth-order valence-corrected chi connectivity index (χ4v) is 1.33. The van der Waals surface area contributed by atoms with E-state index in [4.69, 9.17) is 11.6 Å². The van der Waals surface area contributed by atoms with Gasteiger partial charge in [0.05, 0.1) is 6.54 Å². The monoisotopic (exact) mass is 215 g/mol. The fourth-order valence-electron chi connectivity index (χ4n) is 0.586. The average Bonchev–Trinajstić information content (AvgIpc) is 2.52. The van der Waals surface area contributed by atoms with Crippen molar-refractivity contribution in [1.82, 2.24) is 15.5 Å². The van der Waals surface area contributed by atoms with E-state index in [9.17, 15) is 4.79 Å². The lowest BCUT2D eigenvalue weighted by Gasteiger charge is -1.93. The summed E-state index contributed by atoms with van der Waals surface area (Å²) < 4.78 is 0.256. The Kier molecular flexibility index (Phi) is 3.68. The summed E-state index contributed by atoms with van der Waals surface area (Å²) in [7, 11) is 0. The summed E-state index contributed by atoms with van der Waals surface area (Å²) >= 11 is 6.54. The first kappa shape index (κ1) is 9.96. The van der Waals surface area contributed by atoms with Crippen molar-refractivity contribution in [2.45, 2.75) is 6.92 Å². The molecule has 1 heterocycles. The van der Waals surface area contributed by atoms with Crippen molar-refractivity contribution in [3.8, 4) is 11.8 Å². The van der Waals surface area contributed by atoms with Crippen molar-refractivity contribution in [3.05, 3.63) is 9.47 Å². The van der Waals surface area contributed by atoms with E-state index in [-0.39, 0.29) is 15.4 Å². The number of rotatable bonds is 2. The standard InChI is InChI=1S/C7H6ClN3OS/c1-2-3-4-9-5(12)6-10-11-7(8)13-6/h4H2,1H3,(H,9,12). The molecule has 1 amide bonds. The van der Waals surface area contributed by atoms with Gasteiger partial charge in [0, 0.05) is 0 Å². The third-order valence-corrected chi connectivity index (χ3v) is 2.13. The van der Waals surface area contributed by atoms with Crippen LogP contribution in [-0.4, -0.2) is 22.6 Å². The Hall–Kier alpha value is -1.12. The van der Waals surface area contributed by atoms with Crippen LogP contribution < -0.4 is 5.32 Å². The third-order valence-electron chi connectivity index (χ3n) is 1.11. The lowest BCUT2D eigenvalue weighted by atomic mass is 10.5. The summed E-state index contributed by atoms with van der Waals surface area (Å²) in [5.74, 6) is 5.05. The predicted molar refractivity (Wildman–Crippen MR) is 50.7 cm³/mol. The Morgan fingerprint density at radius 3 is 3.00 bits per heavy atom. The topological polar surface area (TPSA) is 54.9 Å². The normalized spacial score (nSPS) is 8.77. The number of carbonyl (C=O) groups is 1. The summed E-state index contributed by atoms with van der Waals surface area (Å²) in [6.07, 6.45) is 0. The molecule has 0 aliphatic rings. The van der Waals surface area contributed by atoms with Gasteiger partial charge in [0.15, 0.2) is 0 Å². The Bertz CT molecular complexity index is 365. The largest absolute Gasteiger partial charge is 0.339 e. The zero-order valence-corrected chi connectivity index (χ0v) is 8.37. The number of hydrogen-bond donors (Lipinski definition) is 1. The first-order valence-electron chi connectivity index (χ1n) is 3.41. The molecular weight excluding hydrogens is 210 g/mol. The molecule has 0 unspecified atom stereocenters. The van der Waals surface area contributed by atoms with E-state index in [1.807, 2.05) is 0 Å². The van der Waals surface area contributed by atoms with Gasteiger partial charge < -0.3 is 5.32 Å². The highest BCUT2D eigenvalue weighted by Gasteiger charge is 2.09. The van der Waals surface area contributed by atoms with Gasteiger partial charge in [-0.15, -0.1) is 16.1 Å². The molecule has 13 heavy (non-hydrogen) atoms. The van der Waals surface area contributed by atoms with E-state index >= 15 is 0 Å². The second kappa shape index (κ2) is 4.80. The van der Waals surface area contributed by atoms with E-state index in [1.165, 1.54) is 0 Å². The molecule has 6 heteroatoms. The predicted octanol–water partition coefficient (Wildman–Crippen LogP) is 0.945. The van der Waals surface area contributed by atoms with E-state index < -0.39 is 0 Å². The van der Waals surface area contributed by atoms with Crippen LogP contribution in [0.1, 0.15) is 16.7 Å². The SMILES string of the molecule is CC#CCNC(=O)c1nnc(Cl)s1. The summed E-state index contributed by atoms with van der Waals surface area (Å²) in [6, 6.07) is 0. The van der Waals surface area contributed by atoms with Crippen LogP contribution in [-0.2, 0) is 0 Å².